The third kappa shape index (κ3) is 3.96. The maximum absolute atomic E-state index is 13.2. The average molecular weight is 457 g/mol. The molecular formula is C21H24F5N5O. The molecule has 2 aromatic heterocycles. The van der Waals surface area contributed by atoms with Gasteiger partial charge in [-0.2, -0.15) is 18.3 Å². The Morgan fingerprint density at radius 2 is 1.81 bits per heavy atom. The van der Waals surface area contributed by atoms with Gasteiger partial charge in [-0.1, -0.05) is 0 Å². The molecule has 2 aromatic rings. The van der Waals surface area contributed by atoms with Gasteiger partial charge in [0.1, 0.15) is 12.4 Å². The van der Waals surface area contributed by atoms with Crippen molar-refractivity contribution < 1.29 is 26.7 Å². The van der Waals surface area contributed by atoms with Gasteiger partial charge >= 0.3 is 6.18 Å². The molecule has 0 spiro atoms. The molecule has 2 atom stereocenters. The lowest BCUT2D eigenvalue weighted by atomic mass is 10.0. The predicted octanol–water partition coefficient (Wildman–Crippen LogP) is 3.64. The Morgan fingerprint density at radius 1 is 1.12 bits per heavy atom. The van der Waals surface area contributed by atoms with Crippen LogP contribution in [0.15, 0.2) is 18.3 Å². The van der Waals surface area contributed by atoms with Crippen molar-refractivity contribution in [1.29, 1.82) is 0 Å². The lowest BCUT2D eigenvalue weighted by Gasteiger charge is -2.33. The molecule has 2 unspecified atom stereocenters. The number of hydrogen-bond donors (Lipinski definition) is 1. The van der Waals surface area contributed by atoms with Crippen LogP contribution in [0.2, 0.25) is 0 Å². The van der Waals surface area contributed by atoms with E-state index in [2.05, 4.69) is 15.0 Å². The van der Waals surface area contributed by atoms with Crippen LogP contribution in [-0.2, 0) is 17.5 Å². The first-order valence-electron chi connectivity index (χ1n) is 10.7. The van der Waals surface area contributed by atoms with Gasteiger partial charge in [0.25, 0.3) is 6.43 Å². The first kappa shape index (κ1) is 21.6. The highest BCUT2D eigenvalue weighted by Gasteiger charge is 2.58. The van der Waals surface area contributed by atoms with E-state index in [1.165, 1.54) is 10.9 Å². The Bertz CT molecular complexity index is 975. The number of aromatic nitrogens is 3. The van der Waals surface area contributed by atoms with Crippen molar-refractivity contribution in [3.63, 3.8) is 0 Å². The number of alkyl halides is 5. The molecule has 32 heavy (non-hydrogen) atoms. The summed E-state index contributed by atoms with van der Waals surface area (Å²) in [4.78, 5) is 6.08. The fourth-order valence-corrected chi connectivity index (χ4v) is 5.45. The number of anilines is 1. The van der Waals surface area contributed by atoms with Gasteiger partial charge < -0.3 is 10.5 Å². The number of halogens is 5. The summed E-state index contributed by atoms with van der Waals surface area (Å²) in [6.45, 7) is 2.69. The van der Waals surface area contributed by atoms with Crippen LogP contribution in [0, 0.1) is 11.8 Å². The van der Waals surface area contributed by atoms with E-state index in [-0.39, 0.29) is 17.2 Å². The molecule has 1 saturated heterocycles. The summed E-state index contributed by atoms with van der Waals surface area (Å²) in [7, 11) is 0. The number of nitrogens with zero attached hydrogens (tertiary/aromatic N) is 4. The minimum Gasteiger partial charge on any atom is -0.383 e. The zero-order chi connectivity index (χ0) is 22.6. The number of hydrogen-bond acceptors (Lipinski definition) is 5. The topological polar surface area (TPSA) is 69.2 Å². The number of pyridine rings is 1. The van der Waals surface area contributed by atoms with E-state index in [4.69, 9.17) is 10.5 Å². The van der Waals surface area contributed by atoms with Crippen LogP contribution in [0.5, 0.6) is 0 Å². The largest absolute Gasteiger partial charge is 0.419 e. The number of rotatable bonds is 5. The maximum atomic E-state index is 13.2. The molecule has 0 radical (unpaired) electrons. The minimum atomic E-state index is -4.66. The standard InChI is InChI=1S/C21H24F5N5O/c22-18(23)10-31-17(19-13-6-12(7-14(13)19)30-1-3-32-4-2-30)8-16(29-31)11-5-15(21(24,25)26)20(27)28-9-11/h5,8-9,12-14,18-19H,1-4,6-7,10H2,(H2,27,28). The van der Waals surface area contributed by atoms with Crippen LogP contribution >= 0.6 is 0 Å². The molecule has 3 aliphatic rings. The number of morpholine rings is 1. The van der Waals surface area contributed by atoms with E-state index in [1.807, 2.05) is 0 Å². The Balaban J connectivity index is 1.39. The molecule has 2 N–H and O–H groups in total. The number of nitrogens with two attached hydrogens (primary N) is 1. The van der Waals surface area contributed by atoms with Crippen molar-refractivity contribution in [2.75, 3.05) is 32.0 Å². The zero-order valence-corrected chi connectivity index (χ0v) is 17.2. The molecule has 174 valence electrons. The van der Waals surface area contributed by atoms with Gasteiger partial charge in [0, 0.05) is 42.5 Å². The van der Waals surface area contributed by atoms with Crippen LogP contribution < -0.4 is 5.73 Å². The summed E-state index contributed by atoms with van der Waals surface area (Å²) in [6, 6.07) is 3.00. The molecule has 0 aromatic carbocycles. The number of fused-ring (bicyclic) bond motifs is 1. The van der Waals surface area contributed by atoms with Gasteiger partial charge in [-0.05, 0) is 36.8 Å². The third-order valence-electron chi connectivity index (χ3n) is 6.97. The van der Waals surface area contributed by atoms with Crippen LogP contribution in [0.25, 0.3) is 11.3 Å². The molecule has 3 fully saturated rings. The fourth-order valence-electron chi connectivity index (χ4n) is 5.45. The van der Waals surface area contributed by atoms with E-state index < -0.39 is 30.5 Å². The van der Waals surface area contributed by atoms with E-state index in [0.717, 1.165) is 45.2 Å². The van der Waals surface area contributed by atoms with E-state index >= 15 is 0 Å². The molecule has 6 nitrogen and oxygen atoms in total. The number of ether oxygens (including phenoxy) is 1. The second-order valence-electron chi connectivity index (χ2n) is 8.81. The summed E-state index contributed by atoms with van der Waals surface area (Å²) in [5.41, 5.74) is 5.30. The summed E-state index contributed by atoms with van der Waals surface area (Å²) < 4.78 is 72.8. The average Bonchev–Trinajstić information content (AvgIpc) is 3.07. The van der Waals surface area contributed by atoms with E-state index in [9.17, 15) is 22.0 Å². The van der Waals surface area contributed by atoms with Gasteiger partial charge in [-0.25, -0.2) is 13.8 Å². The normalized spacial score (nSPS) is 28.3. The van der Waals surface area contributed by atoms with Crippen LogP contribution in [0.4, 0.5) is 27.8 Å². The summed E-state index contributed by atoms with van der Waals surface area (Å²) in [5.74, 6) is 0.258. The second-order valence-corrected chi connectivity index (χ2v) is 8.81. The molecule has 0 amide bonds. The molecule has 3 heterocycles. The van der Waals surface area contributed by atoms with Crippen LogP contribution in [-0.4, -0.2) is 58.4 Å². The van der Waals surface area contributed by atoms with Crippen molar-refractivity contribution in [3.05, 3.63) is 29.6 Å². The van der Waals surface area contributed by atoms with Gasteiger partial charge in [0.05, 0.1) is 24.5 Å². The van der Waals surface area contributed by atoms with Crippen molar-refractivity contribution in [3.8, 4) is 11.3 Å². The first-order valence-corrected chi connectivity index (χ1v) is 10.7. The zero-order valence-electron chi connectivity index (χ0n) is 17.2. The van der Waals surface area contributed by atoms with E-state index in [0.29, 0.717) is 23.6 Å². The van der Waals surface area contributed by atoms with Crippen LogP contribution in [0.3, 0.4) is 0 Å². The highest BCUT2D eigenvalue weighted by molar-refractivity contribution is 5.63. The predicted molar refractivity (Wildman–Crippen MR) is 106 cm³/mol. The van der Waals surface area contributed by atoms with Crippen molar-refractivity contribution >= 4 is 5.82 Å². The summed E-state index contributed by atoms with van der Waals surface area (Å²) in [5, 5.41) is 4.23. The van der Waals surface area contributed by atoms with Gasteiger partial charge in [-0.3, -0.25) is 9.58 Å². The second kappa shape index (κ2) is 7.95. The van der Waals surface area contributed by atoms with Crippen LogP contribution in [0.1, 0.15) is 30.0 Å². The molecule has 2 aliphatic carbocycles. The minimum absolute atomic E-state index is 0.108. The Hall–Kier alpha value is -2.27. The molecule has 11 heteroatoms. The highest BCUT2D eigenvalue weighted by atomic mass is 19.4. The Morgan fingerprint density at radius 3 is 2.44 bits per heavy atom. The van der Waals surface area contributed by atoms with Crippen molar-refractivity contribution in [2.24, 2.45) is 11.8 Å². The number of nitrogen functional groups attached to an aromatic ring is 1. The maximum Gasteiger partial charge on any atom is 0.419 e. The lowest BCUT2D eigenvalue weighted by molar-refractivity contribution is -0.137. The molecule has 0 bridgehead atoms. The third-order valence-corrected chi connectivity index (χ3v) is 6.97. The summed E-state index contributed by atoms with van der Waals surface area (Å²) >= 11 is 0. The lowest BCUT2D eigenvalue weighted by Crippen LogP contribution is -2.43. The SMILES string of the molecule is Nc1ncc(-c2cc(C3C4CC(N5CCOCC5)CC43)n(CC(F)F)n2)cc1C(F)(F)F. The van der Waals surface area contributed by atoms with Gasteiger partial charge in [-0.15, -0.1) is 0 Å². The molecule has 2 saturated carbocycles. The summed E-state index contributed by atoms with van der Waals surface area (Å²) in [6.07, 6.45) is -4.09. The molecule has 1 aliphatic heterocycles. The fraction of sp³-hybridized carbons (Fsp3) is 0.619. The Labute approximate surface area is 181 Å². The Kier molecular flexibility index (Phi) is 5.36. The van der Waals surface area contributed by atoms with Gasteiger partial charge in [0.2, 0.25) is 0 Å². The van der Waals surface area contributed by atoms with Gasteiger partial charge in [0.15, 0.2) is 0 Å². The van der Waals surface area contributed by atoms with Crippen molar-refractivity contribution in [2.45, 2.75) is 43.9 Å². The molecule has 5 rings (SSSR count). The first-order chi connectivity index (χ1) is 15.2. The quantitative estimate of drug-likeness (QED) is 0.695. The monoisotopic (exact) mass is 457 g/mol. The van der Waals surface area contributed by atoms with Crippen molar-refractivity contribution in [1.82, 2.24) is 19.7 Å². The highest BCUT2D eigenvalue weighted by Crippen LogP contribution is 2.64. The van der Waals surface area contributed by atoms with E-state index in [1.54, 1.807) is 6.07 Å². The smallest absolute Gasteiger partial charge is 0.383 e. The molecular weight excluding hydrogens is 433 g/mol.